The summed E-state index contributed by atoms with van der Waals surface area (Å²) in [5.74, 6) is 0.111. The van der Waals surface area contributed by atoms with Crippen molar-refractivity contribution in [3.63, 3.8) is 0 Å². The molecule has 0 N–H and O–H groups in total. The number of rotatable bonds is 5. The van der Waals surface area contributed by atoms with Crippen molar-refractivity contribution in [1.29, 1.82) is 0 Å². The second-order valence-corrected chi connectivity index (χ2v) is 7.86. The van der Waals surface area contributed by atoms with Crippen LogP contribution in [0.1, 0.15) is 38.2 Å². The van der Waals surface area contributed by atoms with E-state index in [1.54, 1.807) is 0 Å². The summed E-state index contributed by atoms with van der Waals surface area (Å²) < 4.78 is 5.35. The van der Waals surface area contributed by atoms with Gasteiger partial charge in [0.25, 0.3) is 0 Å². The number of benzene rings is 2. The second kappa shape index (κ2) is 7.45. The molecule has 1 aliphatic heterocycles. The molecule has 2 aromatic rings. The molecule has 0 aliphatic carbocycles. The van der Waals surface area contributed by atoms with Gasteiger partial charge in [-0.3, -0.25) is 4.79 Å². The molecule has 0 bridgehead atoms. The zero-order valence-corrected chi connectivity index (χ0v) is 15.0. The average molecular weight is 345 g/mol. The molecule has 120 valence electrons. The molecule has 0 radical (unpaired) electrons. The maximum absolute atomic E-state index is 11.5. The monoisotopic (exact) mass is 344 g/mol. The topological polar surface area (TPSA) is 26.3 Å². The zero-order valence-electron chi connectivity index (χ0n) is 13.4. The molecule has 1 heterocycles. The van der Waals surface area contributed by atoms with E-state index in [0.717, 1.165) is 6.42 Å². The van der Waals surface area contributed by atoms with E-state index >= 15 is 0 Å². The molecular formula is C19H20O2S2. The summed E-state index contributed by atoms with van der Waals surface area (Å²) in [5, 5.41) is 0. The van der Waals surface area contributed by atoms with Gasteiger partial charge >= 0.3 is 5.97 Å². The Kier molecular flexibility index (Phi) is 5.34. The van der Waals surface area contributed by atoms with Crippen molar-refractivity contribution in [2.45, 2.75) is 52.2 Å². The van der Waals surface area contributed by atoms with Crippen LogP contribution in [0.15, 0.2) is 62.0 Å². The van der Waals surface area contributed by atoms with Crippen LogP contribution in [0.2, 0.25) is 0 Å². The lowest BCUT2D eigenvalue weighted by Crippen LogP contribution is -2.10. The van der Waals surface area contributed by atoms with Crippen LogP contribution in [0.25, 0.3) is 0 Å². The van der Waals surface area contributed by atoms with E-state index in [4.69, 9.17) is 4.74 Å². The van der Waals surface area contributed by atoms with E-state index in [0.29, 0.717) is 13.0 Å². The number of fused-ring (bicyclic) bond motifs is 2. The highest BCUT2D eigenvalue weighted by atomic mass is 32.2. The third-order valence-corrected chi connectivity index (χ3v) is 6.32. The van der Waals surface area contributed by atoms with Crippen molar-refractivity contribution in [1.82, 2.24) is 0 Å². The molecule has 2 aromatic carbocycles. The lowest BCUT2D eigenvalue weighted by molar-refractivity contribution is -0.144. The fourth-order valence-electron chi connectivity index (χ4n) is 2.44. The SMILES string of the molecule is CCCC(=O)OCC(C)c1ccc2c(c1)Sc1ccccc1S2. The number of ether oxygens (including phenoxy) is 1. The van der Waals surface area contributed by atoms with Crippen molar-refractivity contribution in [2.75, 3.05) is 6.61 Å². The summed E-state index contributed by atoms with van der Waals surface area (Å²) in [6.45, 7) is 4.54. The molecular weight excluding hydrogens is 324 g/mol. The lowest BCUT2D eigenvalue weighted by atomic mass is 10.0. The maximum Gasteiger partial charge on any atom is 0.305 e. The van der Waals surface area contributed by atoms with Gasteiger partial charge in [-0.25, -0.2) is 0 Å². The first-order valence-electron chi connectivity index (χ1n) is 7.91. The Morgan fingerprint density at radius 1 is 1.04 bits per heavy atom. The van der Waals surface area contributed by atoms with Crippen LogP contribution < -0.4 is 0 Å². The van der Waals surface area contributed by atoms with Gasteiger partial charge in [-0.2, -0.15) is 0 Å². The van der Waals surface area contributed by atoms with Crippen LogP contribution in [0.3, 0.4) is 0 Å². The summed E-state index contributed by atoms with van der Waals surface area (Å²) in [7, 11) is 0. The summed E-state index contributed by atoms with van der Waals surface area (Å²) >= 11 is 3.64. The second-order valence-electron chi connectivity index (χ2n) is 5.69. The van der Waals surface area contributed by atoms with Gasteiger partial charge in [-0.05, 0) is 36.2 Å². The third-order valence-electron chi connectivity index (χ3n) is 3.77. The van der Waals surface area contributed by atoms with Crippen molar-refractivity contribution in [3.05, 3.63) is 48.0 Å². The fourth-order valence-corrected chi connectivity index (χ4v) is 4.71. The highest BCUT2D eigenvalue weighted by Crippen LogP contribution is 2.48. The Balaban J connectivity index is 1.71. The predicted molar refractivity (Wildman–Crippen MR) is 95.4 cm³/mol. The molecule has 2 nitrogen and oxygen atoms in total. The number of hydrogen-bond donors (Lipinski definition) is 0. The number of hydrogen-bond acceptors (Lipinski definition) is 4. The van der Waals surface area contributed by atoms with E-state index in [9.17, 15) is 4.79 Å². The summed E-state index contributed by atoms with van der Waals surface area (Å²) in [5.41, 5.74) is 1.22. The van der Waals surface area contributed by atoms with Crippen LogP contribution in [0.5, 0.6) is 0 Å². The standard InChI is InChI=1S/C19H20O2S2/c1-3-6-19(20)21-12-13(2)14-9-10-17-18(11-14)23-16-8-5-4-7-15(16)22-17/h4-5,7-11,13H,3,6,12H2,1-2H3. The molecule has 3 rings (SSSR count). The van der Waals surface area contributed by atoms with Crippen molar-refractivity contribution in [2.24, 2.45) is 0 Å². The van der Waals surface area contributed by atoms with E-state index < -0.39 is 0 Å². The van der Waals surface area contributed by atoms with Gasteiger partial charge in [-0.15, -0.1) is 0 Å². The molecule has 4 heteroatoms. The minimum atomic E-state index is -0.101. The molecule has 23 heavy (non-hydrogen) atoms. The van der Waals surface area contributed by atoms with Crippen molar-refractivity contribution in [3.8, 4) is 0 Å². The van der Waals surface area contributed by atoms with E-state index in [1.807, 2.05) is 30.4 Å². The van der Waals surface area contributed by atoms with Crippen LogP contribution in [-0.4, -0.2) is 12.6 Å². The minimum absolute atomic E-state index is 0.101. The third kappa shape index (κ3) is 3.93. The Morgan fingerprint density at radius 2 is 1.70 bits per heavy atom. The molecule has 0 amide bonds. The Bertz CT molecular complexity index is 712. The number of carbonyl (C=O) groups is 1. The minimum Gasteiger partial charge on any atom is -0.465 e. The summed E-state index contributed by atoms with van der Waals surface area (Å²) in [6, 6.07) is 15.1. The number of carbonyl (C=O) groups excluding carboxylic acids is 1. The highest BCUT2D eigenvalue weighted by Gasteiger charge is 2.18. The molecule has 0 saturated carbocycles. The van der Waals surface area contributed by atoms with E-state index in [1.165, 1.54) is 25.1 Å². The summed E-state index contributed by atoms with van der Waals surface area (Å²) in [6.07, 6.45) is 1.33. The lowest BCUT2D eigenvalue weighted by Gasteiger charge is -2.20. The van der Waals surface area contributed by atoms with Gasteiger partial charge in [0.05, 0.1) is 6.61 Å². The van der Waals surface area contributed by atoms with Crippen LogP contribution in [-0.2, 0) is 9.53 Å². The van der Waals surface area contributed by atoms with Crippen molar-refractivity contribution < 1.29 is 9.53 Å². The molecule has 1 unspecified atom stereocenters. The Hall–Kier alpha value is -1.39. The van der Waals surface area contributed by atoms with Gasteiger partial charge in [0.1, 0.15) is 0 Å². The first-order valence-corrected chi connectivity index (χ1v) is 9.55. The van der Waals surface area contributed by atoms with Gasteiger partial charge in [-0.1, -0.05) is 55.6 Å². The molecule has 0 saturated heterocycles. The first kappa shape index (κ1) is 16.5. The predicted octanol–water partition coefficient (Wildman–Crippen LogP) is 5.75. The van der Waals surface area contributed by atoms with Gasteiger partial charge in [0, 0.05) is 31.9 Å². The quantitative estimate of drug-likeness (QED) is 0.551. The summed E-state index contributed by atoms with van der Waals surface area (Å²) in [4.78, 5) is 16.7. The van der Waals surface area contributed by atoms with E-state index in [2.05, 4.69) is 49.4 Å². The van der Waals surface area contributed by atoms with Crippen LogP contribution in [0, 0.1) is 0 Å². The van der Waals surface area contributed by atoms with Crippen molar-refractivity contribution >= 4 is 29.5 Å². The largest absolute Gasteiger partial charge is 0.465 e. The van der Waals surface area contributed by atoms with Gasteiger partial charge in [0.2, 0.25) is 0 Å². The molecule has 1 aliphatic rings. The first-order chi connectivity index (χ1) is 11.2. The Labute approximate surface area is 146 Å². The zero-order chi connectivity index (χ0) is 16.2. The van der Waals surface area contributed by atoms with E-state index in [-0.39, 0.29) is 11.9 Å². The maximum atomic E-state index is 11.5. The number of esters is 1. The average Bonchev–Trinajstić information content (AvgIpc) is 2.57. The highest BCUT2D eigenvalue weighted by molar-refractivity contribution is 8.05. The smallest absolute Gasteiger partial charge is 0.305 e. The van der Waals surface area contributed by atoms with Crippen LogP contribution >= 0.6 is 23.5 Å². The molecule has 1 atom stereocenters. The molecule has 0 fully saturated rings. The van der Waals surface area contributed by atoms with Gasteiger partial charge in [0.15, 0.2) is 0 Å². The van der Waals surface area contributed by atoms with Crippen LogP contribution in [0.4, 0.5) is 0 Å². The molecule has 0 aromatic heterocycles. The normalized spacial score (nSPS) is 13.8. The van der Waals surface area contributed by atoms with Gasteiger partial charge < -0.3 is 4.74 Å². The fraction of sp³-hybridized carbons (Fsp3) is 0.316. The Morgan fingerprint density at radius 3 is 2.39 bits per heavy atom. The molecule has 0 spiro atoms.